The molecule has 0 spiro atoms. The summed E-state index contributed by atoms with van der Waals surface area (Å²) in [5.41, 5.74) is 0.707. The highest BCUT2D eigenvalue weighted by atomic mass is 19.1. The lowest BCUT2D eigenvalue weighted by atomic mass is 10.1. The number of para-hydroxylation sites is 2. The van der Waals surface area contributed by atoms with Crippen molar-refractivity contribution in [2.45, 2.75) is 6.92 Å². The van der Waals surface area contributed by atoms with E-state index in [4.69, 9.17) is 14.2 Å². The Labute approximate surface area is 185 Å². The highest BCUT2D eigenvalue weighted by Crippen LogP contribution is 2.25. The Balaban J connectivity index is 1.43. The number of nitrogens with zero attached hydrogens (tertiary/aromatic N) is 2. The number of rotatable bonds is 8. The maximum atomic E-state index is 14.4. The number of hydrogen-bond acceptors (Lipinski definition) is 7. The van der Waals surface area contributed by atoms with Gasteiger partial charge in [0.1, 0.15) is 5.82 Å². The summed E-state index contributed by atoms with van der Waals surface area (Å²) < 4.78 is 29.9. The third kappa shape index (κ3) is 5.75. The van der Waals surface area contributed by atoms with Gasteiger partial charge in [0, 0.05) is 31.7 Å². The molecule has 0 atom stereocenters. The average molecular weight is 444 g/mol. The van der Waals surface area contributed by atoms with Gasteiger partial charge < -0.3 is 24.0 Å². The van der Waals surface area contributed by atoms with Crippen LogP contribution < -0.4 is 14.4 Å². The summed E-state index contributed by atoms with van der Waals surface area (Å²) in [5.74, 6) is -0.784. The highest BCUT2D eigenvalue weighted by molar-refractivity contribution is 5.94. The van der Waals surface area contributed by atoms with E-state index >= 15 is 0 Å². The third-order valence-corrected chi connectivity index (χ3v) is 5.10. The van der Waals surface area contributed by atoms with Gasteiger partial charge in [-0.1, -0.05) is 12.1 Å². The molecule has 0 radical (unpaired) electrons. The van der Waals surface area contributed by atoms with Gasteiger partial charge in [-0.05, 0) is 37.3 Å². The molecule has 1 aliphatic heterocycles. The molecule has 2 aromatic carbocycles. The van der Waals surface area contributed by atoms with Gasteiger partial charge in [0.15, 0.2) is 30.5 Å². The molecule has 1 heterocycles. The van der Waals surface area contributed by atoms with E-state index in [1.165, 1.54) is 20.1 Å². The maximum absolute atomic E-state index is 14.4. The molecule has 1 aliphatic rings. The molecular weight excluding hydrogens is 419 g/mol. The molecule has 2 aromatic rings. The predicted molar refractivity (Wildman–Crippen MR) is 115 cm³/mol. The van der Waals surface area contributed by atoms with Crippen molar-refractivity contribution in [3.8, 4) is 11.5 Å². The van der Waals surface area contributed by atoms with Crippen molar-refractivity contribution < 1.29 is 33.0 Å². The Hall–Kier alpha value is -3.62. The largest absolute Gasteiger partial charge is 0.493 e. The Morgan fingerprint density at radius 3 is 2.28 bits per heavy atom. The van der Waals surface area contributed by atoms with Gasteiger partial charge in [-0.25, -0.2) is 9.18 Å². The lowest BCUT2D eigenvalue weighted by Gasteiger charge is -2.36. The van der Waals surface area contributed by atoms with E-state index in [2.05, 4.69) is 0 Å². The smallest absolute Gasteiger partial charge is 0.344 e. The fourth-order valence-corrected chi connectivity index (χ4v) is 3.33. The van der Waals surface area contributed by atoms with Gasteiger partial charge in [0.2, 0.25) is 0 Å². The van der Waals surface area contributed by atoms with Crippen molar-refractivity contribution in [2.24, 2.45) is 0 Å². The molecule has 8 nitrogen and oxygen atoms in total. The summed E-state index contributed by atoms with van der Waals surface area (Å²) in [6.07, 6.45) is 0. The quantitative estimate of drug-likeness (QED) is 0.456. The van der Waals surface area contributed by atoms with Gasteiger partial charge in [-0.2, -0.15) is 0 Å². The SMILES string of the molecule is COc1ccccc1OCC(=O)OCC(=O)N1CCN(c2ccc(C(C)=O)cc2F)CC1. The summed E-state index contributed by atoms with van der Waals surface area (Å²) in [6.45, 7) is 2.22. The number of ketones is 1. The second kappa shape index (κ2) is 10.6. The number of ether oxygens (including phenoxy) is 3. The lowest BCUT2D eigenvalue weighted by Crippen LogP contribution is -2.50. The van der Waals surface area contributed by atoms with E-state index in [-0.39, 0.29) is 18.3 Å². The molecule has 0 aromatic heterocycles. The monoisotopic (exact) mass is 444 g/mol. The minimum Gasteiger partial charge on any atom is -0.493 e. The number of anilines is 1. The average Bonchev–Trinajstić information content (AvgIpc) is 2.81. The van der Waals surface area contributed by atoms with Crippen LogP contribution in [0.25, 0.3) is 0 Å². The summed E-state index contributed by atoms with van der Waals surface area (Å²) in [7, 11) is 1.49. The van der Waals surface area contributed by atoms with Crippen LogP contribution in [0.2, 0.25) is 0 Å². The van der Waals surface area contributed by atoms with Crippen LogP contribution in [0, 0.1) is 5.82 Å². The molecule has 0 unspecified atom stereocenters. The van der Waals surface area contributed by atoms with E-state index in [0.29, 0.717) is 48.9 Å². The molecule has 3 rings (SSSR count). The highest BCUT2D eigenvalue weighted by Gasteiger charge is 2.24. The molecule has 0 bridgehead atoms. The van der Waals surface area contributed by atoms with Crippen LogP contribution in [-0.4, -0.2) is 69.1 Å². The number of hydrogen-bond donors (Lipinski definition) is 0. The summed E-state index contributed by atoms with van der Waals surface area (Å²) in [5, 5.41) is 0. The molecule has 170 valence electrons. The third-order valence-electron chi connectivity index (χ3n) is 5.10. The number of methoxy groups -OCH3 is 1. The van der Waals surface area contributed by atoms with Crippen LogP contribution in [0.4, 0.5) is 10.1 Å². The molecular formula is C23H25FN2O6. The molecule has 9 heteroatoms. The van der Waals surface area contributed by atoms with Gasteiger partial charge in [-0.3, -0.25) is 9.59 Å². The maximum Gasteiger partial charge on any atom is 0.344 e. The van der Waals surface area contributed by atoms with Crippen molar-refractivity contribution in [1.29, 1.82) is 0 Å². The van der Waals surface area contributed by atoms with E-state index < -0.39 is 18.4 Å². The summed E-state index contributed by atoms with van der Waals surface area (Å²) in [6, 6.07) is 11.3. The first kappa shape index (κ1) is 23.1. The first-order valence-electron chi connectivity index (χ1n) is 10.1. The zero-order valence-corrected chi connectivity index (χ0v) is 18.0. The van der Waals surface area contributed by atoms with E-state index in [1.54, 1.807) is 41.3 Å². The van der Waals surface area contributed by atoms with E-state index in [9.17, 15) is 18.8 Å². The Morgan fingerprint density at radius 2 is 1.66 bits per heavy atom. The number of benzene rings is 2. The fourth-order valence-electron chi connectivity index (χ4n) is 3.33. The summed E-state index contributed by atoms with van der Waals surface area (Å²) in [4.78, 5) is 39.0. The number of halogens is 1. The van der Waals surface area contributed by atoms with Crippen molar-refractivity contribution >= 4 is 23.3 Å². The van der Waals surface area contributed by atoms with Crippen LogP contribution in [0.5, 0.6) is 11.5 Å². The Morgan fingerprint density at radius 1 is 0.969 bits per heavy atom. The Kier molecular flexibility index (Phi) is 7.64. The molecule has 1 saturated heterocycles. The van der Waals surface area contributed by atoms with Crippen LogP contribution in [0.15, 0.2) is 42.5 Å². The standard InChI is InChI=1S/C23H25FN2O6/c1-16(27)17-7-8-19(18(24)13-17)25-9-11-26(12-10-25)22(28)14-32-23(29)15-31-21-6-4-3-5-20(21)30-2/h3-8,13H,9-12,14-15H2,1-2H3. The van der Waals surface area contributed by atoms with Crippen molar-refractivity contribution in [3.05, 3.63) is 53.8 Å². The number of carbonyl (C=O) groups excluding carboxylic acids is 3. The second-order valence-electron chi connectivity index (χ2n) is 7.19. The Bertz CT molecular complexity index is 988. The topological polar surface area (TPSA) is 85.4 Å². The fraction of sp³-hybridized carbons (Fsp3) is 0.348. The molecule has 1 amide bonds. The lowest BCUT2D eigenvalue weighted by molar-refractivity contribution is -0.153. The van der Waals surface area contributed by atoms with E-state index in [1.807, 2.05) is 4.90 Å². The molecule has 32 heavy (non-hydrogen) atoms. The van der Waals surface area contributed by atoms with Crippen molar-refractivity contribution in [2.75, 3.05) is 51.4 Å². The molecule has 1 fully saturated rings. The zero-order valence-electron chi connectivity index (χ0n) is 18.0. The number of carbonyl (C=O) groups is 3. The number of amides is 1. The molecule has 0 saturated carbocycles. The zero-order chi connectivity index (χ0) is 23.1. The molecule has 0 aliphatic carbocycles. The van der Waals surface area contributed by atoms with Crippen molar-refractivity contribution in [1.82, 2.24) is 4.90 Å². The number of esters is 1. The summed E-state index contributed by atoms with van der Waals surface area (Å²) >= 11 is 0. The van der Waals surface area contributed by atoms with Gasteiger partial charge in [-0.15, -0.1) is 0 Å². The minimum absolute atomic E-state index is 0.200. The number of Topliss-reactive ketones (excluding diaryl/α,β-unsaturated/α-hetero) is 1. The van der Waals surface area contributed by atoms with Crippen LogP contribution >= 0.6 is 0 Å². The van der Waals surface area contributed by atoms with E-state index in [0.717, 1.165) is 0 Å². The van der Waals surface area contributed by atoms with Crippen LogP contribution in [0.3, 0.4) is 0 Å². The first-order chi connectivity index (χ1) is 15.4. The second-order valence-corrected chi connectivity index (χ2v) is 7.19. The van der Waals surface area contributed by atoms with Gasteiger partial charge in [0.05, 0.1) is 12.8 Å². The minimum atomic E-state index is -0.671. The number of piperazine rings is 1. The van der Waals surface area contributed by atoms with Crippen LogP contribution in [-0.2, 0) is 14.3 Å². The normalized spacial score (nSPS) is 13.5. The molecule has 0 N–H and O–H groups in total. The van der Waals surface area contributed by atoms with Crippen molar-refractivity contribution in [3.63, 3.8) is 0 Å². The predicted octanol–water partition coefficient (Wildman–Crippen LogP) is 2.31. The van der Waals surface area contributed by atoms with Gasteiger partial charge >= 0.3 is 5.97 Å². The van der Waals surface area contributed by atoms with Crippen LogP contribution in [0.1, 0.15) is 17.3 Å². The first-order valence-corrected chi connectivity index (χ1v) is 10.1. The van der Waals surface area contributed by atoms with Gasteiger partial charge in [0.25, 0.3) is 5.91 Å².